The van der Waals surface area contributed by atoms with E-state index in [1.807, 2.05) is 0 Å². The van der Waals surface area contributed by atoms with E-state index in [2.05, 4.69) is 35.9 Å². The predicted octanol–water partition coefficient (Wildman–Crippen LogP) is 4.57. The van der Waals surface area contributed by atoms with Gasteiger partial charge < -0.3 is 5.32 Å². The monoisotopic (exact) mass is 297 g/mol. The van der Waals surface area contributed by atoms with Crippen molar-refractivity contribution in [1.82, 2.24) is 15.1 Å². The Morgan fingerprint density at radius 3 is 2.60 bits per heavy atom. The lowest BCUT2D eigenvalue weighted by atomic mass is 9.74. The molecular formula is C16H28ClN3. The summed E-state index contributed by atoms with van der Waals surface area (Å²) in [6, 6.07) is 0.338. The van der Waals surface area contributed by atoms with Crippen LogP contribution in [0, 0.1) is 5.41 Å². The first-order chi connectivity index (χ1) is 9.68. The van der Waals surface area contributed by atoms with Gasteiger partial charge >= 0.3 is 0 Å². The number of nitrogens with zero attached hydrogens (tertiary/aromatic N) is 2. The second kappa shape index (κ2) is 6.95. The van der Waals surface area contributed by atoms with Gasteiger partial charge in [-0.2, -0.15) is 5.10 Å². The van der Waals surface area contributed by atoms with E-state index in [1.54, 1.807) is 6.20 Å². The highest BCUT2D eigenvalue weighted by Gasteiger charge is 2.42. The van der Waals surface area contributed by atoms with Crippen LogP contribution in [0.4, 0.5) is 0 Å². The van der Waals surface area contributed by atoms with Crippen LogP contribution in [-0.4, -0.2) is 16.3 Å². The Morgan fingerprint density at radius 1 is 1.35 bits per heavy atom. The molecule has 1 fully saturated rings. The van der Waals surface area contributed by atoms with Gasteiger partial charge in [0.1, 0.15) is 0 Å². The second-order valence-corrected chi connectivity index (χ2v) is 6.41. The van der Waals surface area contributed by atoms with Gasteiger partial charge in [0.25, 0.3) is 0 Å². The van der Waals surface area contributed by atoms with Gasteiger partial charge in [0, 0.05) is 6.54 Å². The smallest absolute Gasteiger partial charge is 0.0834 e. The Hall–Kier alpha value is -0.540. The van der Waals surface area contributed by atoms with Crippen molar-refractivity contribution in [1.29, 1.82) is 0 Å². The van der Waals surface area contributed by atoms with Gasteiger partial charge in [-0.15, -0.1) is 0 Å². The van der Waals surface area contributed by atoms with Gasteiger partial charge in [-0.1, -0.05) is 38.3 Å². The highest BCUT2D eigenvalue weighted by molar-refractivity contribution is 6.31. The zero-order valence-electron chi connectivity index (χ0n) is 13.1. The predicted molar refractivity (Wildman–Crippen MR) is 85.1 cm³/mol. The molecule has 3 nitrogen and oxygen atoms in total. The summed E-state index contributed by atoms with van der Waals surface area (Å²) in [6.45, 7) is 8.60. The van der Waals surface area contributed by atoms with Gasteiger partial charge in [-0.05, 0) is 44.6 Å². The third-order valence-electron chi connectivity index (χ3n) is 4.92. The van der Waals surface area contributed by atoms with E-state index in [1.165, 1.54) is 37.8 Å². The summed E-state index contributed by atoms with van der Waals surface area (Å²) >= 11 is 6.47. The molecule has 0 radical (unpaired) electrons. The van der Waals surface area contributed by atoms with Gasteiger partial charge in [0.05, 0.1) is 23.0 Å². The van der Waals surface area contributed by atoms with Crippen molar-refractivity contribution in [2.24, 2.45) is 5.41 Å². The summed E-state index contributed by atoms with van der Waals surface area (Å²) in [5.74, 6) is 0. The minimum absolute atomic E-state index is 0.338. The summed E-state index contributed by atoms with van der Waals surface area (Å²) in [4.78, 5) is 0. The molecule has 1 saturated carbocycles. The molecule has 1 heterocycles. The number of hydrogen-bond acceptors (Lipinski definition) is 2. The average Bonchev–Trinajstić information content (AvgIpc) is 3.08. The molecule has 0 spiro atoms. The molecule has 0 aromatic carbocycles. The zero-order valence-corrected chi connectivity index (χ0v) is 13.8. The molecule has 1 aliphatic carbocycles. The summed E-state index contributed by atoms with van der Waals surface area (Å²) in [6.07, 6.45) is 9.45. The van der Waals surface area contributed by atoms with Crippen LogP contribution in [0.25, 0.3) is 0 Å². The summed E-state index contributed by atoms with van der Waals surface area (Å²) < 4.78 is 2.07. The highest BCUT2D eigenvalue weighted by atomic mass is 35.5. The van der Waals surface area contributed by atoms with Crippen molar-refractivity contribution in [3.05, 3.63) is 16.9 Å². The normalized spacial score (nSPS) is 19.4. The first-order valence-electron chi connectivity index (χ1n) is 8.13. The molecule has 1 aromatic heterocycles. The van der Waals surface area contributed by atoms with Crippen LogP contribution in [0.15, 0.2) is 6.20 Å². The maximum absolute atomic E-state index is 6.47. The molecule has 0 saturated heterocycles. The lowest BCUT2D eigenvalue weighted by molar-refractivity contribution is 0.178. The molecule has 1 atom stereocenters. The summed E-state index contributed by atoms with van der Waals surface area (Å²) in [7, 11) is 0. The van der Waals surface area contributed by atoms with E-state index >= 15 is 0 Å². The molecule has 1 N–H and O–H groups in total. The molecule has 0 bridgehead atoms. The Labute approximate surface area is 128 Å². The topological polar surface area (TPSA) is 29.9 Å². The van der Waals surface area contributed by atoms with Crippen LogP contribution >= 0.6 is 11.6 Å². The average molecular weight is 298 g/mol. The SMILES string of the molecule is CCCNC(c1c(Cl)cnn1CC)C1(CC)CCCC1. The lowest BCUT2D eigenvalue weighted by Gasteiger charge is -2.38. The maximum Gasteiger partial charge on any atom is 0.0834 e. The van der Waals surface area contributed by atoms with E-state index in [0.29, 0.717) is 11.5 Å². The van der Waals surface area contributed by atoms with Crippen molar-refractivity contribution in [2.75, 3.05) is 6.54 Å². The van der Waals surface area contributed by atoms with Crippen LogP contribution in [0.5, 0.6) is 0 Å². The standard InChI is InChI=1S/C16H28ClN3/c1-4-11-18-15(16(5-2)9-7-8-10-16)14-13(17)12-19-20(14)6-3/h12,15,18H,4-11H2,1-3H3. The summed E-state index contributed by atoms with van der Waals surface area (Å²) in [5, 5.41) is 9.04. The molecule has 114 valence electrons. The largest absolute Gasteiger partial charge is 0.308 e. The lowest BCUT2D eigenvalue weighted by Crippen LogP contribution is -2.38. The third-order valence-corrected chi connectivity index (χ3v) is 5.21. The Bertz CT molecular complexity index is 421. The maximum atomic E-state index is 6.47. The molecule has 20 heavy (non-hydrogen) atoms. The van der Waals surface area contributed by atoms with Gasteiger partial charge in [-0.25, -0.2) is 0 Å². The van der Waals surface area contributed by atoms with Gasteiger partial charge in [0.2, 0.25) is 0 Å². The van der Waals surface area contributed by atoms with Crippen LogP contribution in [0.1, 0.15) is 71.0 Å². The number of nitrogens with one attached hydrogen (secondary N) is 1. The number of aromatic nitrogens is 2. The number of rotatable bonds is 7. The van der Waals surface area contributed by atoms with Crippen LogP contribution in [-0.2, 0) is 6.54 Å². The van der Waals surface area contributed by atoms with Crippen molar-refractivity contribution in [3.63, 3.8) is 0 Å². The van der Waals surface area contributed by atoms with Crippen molar-refractivity contribution < 1.29 is 0 Å². The second-order valence-electron chi connectivity index (χ2n) is 6.00. The third kappa shape index (κ3) is 2.89. The van der Waals surface area contributed by atoms with E-state index in [-0.39, 0.29) is 0 Å². The van der Waals surface area contributed by atoms with Crippen molar-refractivity contribution >= 4 is 11.6 Å². The molecule has 4 heteroatoms. The quantitative estimate of drug-likeness (QED) is 0.799. The van der Waals surface area contributed by atoms with E-state index in [0.717, 1.165) is 24.5 Å². The van der Waals surface area contributed by atoms with E-state index < -0.39 is 0 Å². The molecular weight excluding hydrogens is 270 g/mol. The van der Waals surface area contributed by atoms with Crippen LogP contribution < -0.4 is 5.32 Å². The van der Waals surface area contributed by atoms with Crippen molar-refractivity contribution in [2.45, 2.75) is 71.9 Å². The molecule has 1 aliphatic rings. The van der Waals surface area contributed by atoms with Gasteiger partial charge in [0.15, 0.2) is 0 Å². The number of halogens is 1. The zero-order chi connectivity index (χ0) is 14.6. The van der Waals surface area contributed by atoms with Crippen LogP contribution in [0.3, 0.4) is 0 Å². The van der Waals surface area contributed by atoms with E-state index in [4.69, 9.17) is 11.6 Å². The molecule has 2 rings (SSSR count). The molecule has 0 amide bonds. The number of hydrogen-bond donors (Lipinski definition) is 1. The fraction of sp³-hybridized carbons (Fsp3) is 0.812. The fourth-order valence-corrected chi connectivity index (χ4v) is 3.98. The first kappa shape index (κ1) is 15.8. The summed E-state index contributed by atoms with van der Waals surface area (Å²) in [5.41, 5.74) is 1.55. The number of aryl methyl sites for hydroxylation is 1. The molecule has 1 aromatic rings. The van der Waals surface area contributed by atoms with Crippen molar-refractivity contribution in [3.8, 4) is 0 Å². The highest BCUT2D eigenvalue weighted by Crippen LogP contribution is 2.51. The minimum Gasteiger partial charge on any atom is -0.308 e. The van der Waals surface area contributed by atoms with E-state index in [9.17, 15) is 0 Å². The van der Waals surface area contributed by atoms with Crippen LogP contribution in [0.2, 0.25) is 5.02 Å². The Balaban J connectivity index is 2.38. The fourth-order valence-electron chi connectivity index (χ4n) is 3.73. The minimum atomic E-state index is 0.338. The Kier molecular flexibility index (Phi) is 5.50. The molecule has 0 aliphatic heterocycles. The molecule has 1 unspecified atom stereocenters. The first-order valence-corrected chi connectivity index (χ1v) is 8.51. The Morgan fingerprint density at radius 2 is 2.05 bits per heavy atom. The van der Waals surface area contributed by atoms with Gasteiger partial charge in [-0.3, -0.25) is 4.68 Å².